The zero-order chi connectivity index (χ0) is 26.1. The molecule has 0 saturated heterocycles. The summed E-state index contributed by atoms with van der Waals surface area (Å²) in [6.45, 7) is 3.08. The van der Waals surface area contributed by atoms with E-state index in [1.165, 1.54) is 15.6 Å². The lowest BCUT2D eigenvalue weighted by atomic mass is 10.0. The van der Waals surface area contributed by atoms with Crippen molar-refractivity contribution in [2.24, 2.45) is 0 Å². The molecule has 1 N–H and O–H groups in total. The van der Waals surface area contributed by atoms with Gasteiger partial charge in [-0.25, -0.2) is 4.98 Å². The van der Waals surface area contributed by atoms with Gasteiger partial charge >= 0.3 is 0 Å². The first kappa shape index (κ1) is 24.7. The third-order valence-corrected chi connectivity index (χ3v) is 8.20. The average molecular weight is 556 g/mol. The van der Waals surface area contributed by atoms with Crippen LogP contribution in [0.1, 0.15) is 16.7 Å². The molecular formula is C32H24Cl2N2OS. The fourth-order valence-electron chi connectivity index (χ4n) is 4.50. The number of ether oxygens (including phenoxy) is 1. The molecule has 0 spiro atoms. The van der Waals surface area contributed by atoms with Gasteiger partial charge in [0.1, 0.15) is 17.4 Å². The average Bonchev–Trinajstić information content (AvgIpc) is 3.35. The van der Waals surface area contributed by atoms with Crippen LogP contribution in [0.5, 0.6) is 5.75 Å². The molecule has 0 unspecified atom stereocenters. The van der Waals surface area contributed by atoms with E-state index in [9.17, 15) is 0 Å². The van der Waals surface area contributed by atoms with E-state index < -0.39 is 0 Å². The summed E-state index contributed by atoms with van der Waals surface area (Å²) in [6.07, 6.45) is 0. The number of anilines is 1. The normalized spacial score (nSPS) is 11.2. The van der Waals surface area contributed by atoms with Crippen molar-refractivity contribution in [3.8, 4) is 16.3 Å². The van der Waals surface area contributed by atoms with Crippen LogP contribution in [0.2, 0.25) is 10.0 Å². The highest BCUT2D eigenvalue weighted by molar-refractivity contribution is 7.21. The second-order valence-corrected chi connectivity index (χ2v) is 11.1. The quantitative estimate of drug-likeness (QED) is 0.213. The molecule has 0 bridgehead atoms. The standard InChI is InChI=1S/C32H24Cl2N2OS/c1-20-6-14-29-31(16-20)38-32(36-29)22-8-12-25(13-9-22)35-18-27-26-5-3-2-4-21(26)10-15-30(27)37-19-23-7-11-24(33)17-28(23)34/h2-17,35H,18-19H2,1H3. The van der Waals surface area contributed by atoms with E-state index in [0.29, 0.717) is 23.2 Å². The molecule has 1 aromatic heterocycles. The lowest BCUT2D eigenvalue weighted by Crippen LogP contribution is -2.05. The number of halogens is 2. The molecular weight excluding hydrogens is 531 g/mol. The van der Waals surface area contributed by atoms with E-state index in [2.05, 4.69) is 85.0 Å². The van der Waals surface area contributed by atoms with Crippen LogP contribution < -0.4 is 10.1 Å². The Morgan fingerprint density at radius 2 is 1.71 bits per heavy atom. The van der Waals surface area contributed by atoms with Crippen LogP contribution in [0, 0.1) is 6.92 Å². The Hall–Kier alpha value is -3.57. The van der Waals surface area contributed by atoms with Gasteiger partial charge in [-0.2, -0.15) is 0 Å². The van der Waals surface area contributed by atoms with Crippen molar-refractivity contribution in [1.29, 1.82) is 0 Å². The minimum absolute atomic E-state index is 0.359. The second kappa shape index (κ2) is 10.7. The van der Waals surface area contributed by atoms with Crippen molar-refractivity contribution in [1.82, 2.24) is 4.98 Å². The van der Waals surface area contributed by atoms with Crippen LogP contribution in [0.4, 0.5) is 5.69 Å². The van der Waals surface area contributed by atoms with Crippen LogP contribution >= 0.6 is 34.5 Å². The summed E-state index contributed by atoms with van der Waals surface area (Å²) in [7, 11) is 0. The van der Waals surface area contributed by atoms with E-state index in [-0.39, 0.29) is 0 Å². The van der Waals surface area contributed by atoms with Gasteiger partial charge in [-0.05, 0) is 77.9 Å². The van der Waals surface area contributed by atoms with Gasteiger partial charge in [0.15, 0.2) is 0 Å². The Morgan fingerprint density at radius 3 is 2.55 bits per heavy atom. The smallest absolute Gasteiger partial charge is 0.125 e. The van der Waals surface area contributed by atoms with E-state index in [1.807, 2.05) is 18.2 Å². The van der Waals surface area contributed by atoms with Crippen molar-refractivity contribution in [3.05, 3.63) is 124 Å². The lowest BCUT2D eigenvalue weighted by Gasteiger charge is -2.16. The number of rotatable bonds is 7. The minimum atomic E-state index is 0.359. The van der Waals surface area contributed by atoms with E-state index in [1.54, 1.807) is 17.4 Å². The van der Waals surface area contributed by atoms with Crippen LogP contribution in [-0.4, -0.2) is 4.98 Å². The maximum absolute atomic E-state index is 6.38. The molecule has 0 aliphatic carbocycles. The summed E-state index contributed by atoms with van der Waals surface area (Å²) in [4.78, 5) is 4.81. The molecule has 0 aliphatic heterocycles. The molecule has 0 radical (unpaired) electrons. The molecule has 0 saturated carbocycles. The summed E-state index contributed by atoms with van der Waals surface area (Å²) in [6, 6.07) is 32.8. The van der Waals surface area contributed by atoms with Gasteiger partial charge in [0.25, 0.3) is 0 Å². The highest BCUT2D eigenvalue weighted by Crippen LogP contribution is 2.33. The van der Waals surface area contributed by atoms with Crippen molar-refractivity contribution < 1.29 is 4.74 Å². The maximum Gasteiger partial charge on any atom is 0.125 e. The molecule has 6 heteroatoms. The monoisotopic (exact) mass is 554 g/mol. The Bertz CT molecular complexity index is 1760. The molecule has 0 fully saturated rings. The number of nitrogens with one attached hydrogen (secondary N) is 1. The van der Waals surface area contributed by atoms with Gasteiger partial charge in [-0.1, -0.05) is 65.7 Å². The van der Waals surface area contributed by atoms with Crippen molar-refractivity contribution in [2.75, 3.05) is 5.32 Å². The zero-order valence-corrected chi connectivity index (χ0v) is 23.0. The topological polar surface area (TPSA) is 34.2 Å². The fourth-order valence-corrected chi connectivity index (χ4v) is 6.04. The van der Waals surface area contributed by atoms with Crippen molar-refractivity contribution >= 4 is 61.2 Å². The summed E-state index contributed by atoms with van der Waals surface area (Å²) in [5.41, 5.74) is 6.43. The van der Waals surface area contributed by atoms with Gasteiger partial charge in [-0.15, -0.1) is 11.3 Å². The molecule has 0 atom stereocenters. The molecule has 6 aromatic rings. The Labute approximate surface area is 235 Å². The van der Waals surface area contributed by atoms with E-state index in [0.717, 1.165) is 44.0 Å². The molecule has 0 aliphatic rings. The van der Waals surface area contributed by atoms with Gasteiger partial charge in [0.2, 0.25) is 0 Å². The molecule has 188 valence electrons. The van der Waals surface area contributed by atoms with Gasteiger partial charge in [0.05, 0.1) is 10.2 Å². The molecule has 3 nitrogen and oxygen atoms in total. The minimum Gasteiger partial charge on any atom is -0.488 e. The molecule has 5 aromatic carbocycles. The number of thiazole rings is 1. The van der Waals surface area contributed by atoms with Crippen LogP contribution in [0.15, 0.2) is 97.1 Å². The summed E-state index contributed by atoms with van der Waals surface area (Å²) >= 11 is 14.2. The number of benzene rings is 5. The SMILES string of the molecule is Cc1ccc2nc(-c3ccc(NCc4c(OCc5ccc(Cl)cc5Cl)ccc5ccccc45)cc3)sc2c1. The van der Waals surface area contributed by atoms with Gasteiger partial charge in [-0.3, -0.25) is 0 Å². The predicted octanol–water partition coefficient (Wildman–Crippen LogP) is 9.92. The number of hydrogen-bond acceptors (Lipinski definition) is 4. The Kier molecular flexibility index (Phi) is 6.94. The number of nitrogens with zero attached hydrogens (tertiary/aromatic N) is 1. The Balaban J connectivity index is 1.23. The first-order valence-electron chi connectivity index (χ1n) is 12.3. The van der Waals surface area contributed by atoms with Crippen molar-refractivity contribution in [3.63, 3.8) is 0 Å². The summed E-state index contributed by atoms with van der Waals surface area (Å²) in [5.74, 6) is 0.823. The molecule has 0 amide bonds. The van der Waals surface area contributed by atoms with Crippen LogP contribution in [0.3, 0.4) is 0 Å². The lowest BCUT2D eigenvalue weighted by molar-refractivity contribution is 0.304. The zero-order valence-electron chi connectivity index (χ0n) is 20.7. The van der Waals surface area contributed by atoms with Gasteiger partial charge in [0, 0.05) is 39.0 Å². The largest absolute Gasteiger partial charge is 0.488 e. The highest BCUT2D eigenvalue weighted by Gasteiger charge is 2.12. The number of hydrogen-bond donors (Lipinski definition) is 1. The maximum atomic E-state index is 6.38. The fraction of sp³-hybridized carbons (Fsp3) is 0.0938. The van der Waals surface area contributed by atoms with Crippen LogP contribution in [0.25, 0.3) is 31.6 Å². The number of aryl methyl sites for hydroxylation is 1. The van der Waals surface area contributed by atoms with Crippen LogP contribution in [-0.2, 0) is 13.2 Å². The first-order valence-corrected chi connectivity index (χ1v) is 13.9. The van der Waals surface area contributed by atoms with E-state index >= 15 is 0 Å². The third-order valence-electron chi connectivity index (χ3n) is 6.54. The summed E-state index contributed by atoms with van der Waals surface area (Å²) in [5, 5.41) is 8.14. The van der Waals surface area contributed by atoms with Crippen molar-refractivity contribution in [2.45, 2.75) is 20.1 Å². The molecule has 6 rings (SSSR count). The highest BCUT2D eigenvalue weighted by atomic mass is 35.5. The Morgan fingerprint density at radius 1 is 0.868 bits per heavy atom. The first-order chi connectivity index (χ1) is 18.5. The van der Waals surface area contributed by atoms with E-state index in [4.69, 9.17) is 32.9 Å². The number of aromatic nitrogens is 1. The summed E-state index contributed by atoms with van der Waals surface area (Å²) < 4.78 is 7.49. The third kappa shape index (κ3) is 5.21. The molecule has 38 heavy (non-hydrogen) atoms. The second-order valence-electron chi connectivity index (χ2n) is 9.21. The predicted molar refractivity (Wildman–Crippen MR) is 162 cm³/mol. The van der Waals surface area contributed by atoms with Gasteiger partial charge < -0.3 is 10.1 Å². The molecule has 1 heterocycles. The number of fused-ring (bicyclic) bond motifs is 2.